The second-order valence-electron chi connectivity index (χ2n) is 8.28. The third kappa shape index (κ3) is 5.95. The van der Waals surface area contributed by atoms with Gasteiger partial charge in [0.15, 0.2) is 0 Å². The molecule has 2 aromatic carbocycles. The summed E-state index contributed by atoms with van der Waals surface area (Å²) in [6.07, 6.45) is 2.36. The highest BCUT2D eigenvalue weighted by molar-refractivity contribution is 7.89. The summed E-state index contributed by atoms with van der Waals surface area (Å²) in [5, 5.41) is 18.0. The Balaban J connectivity index is 2.03. The van der Waals surface area contributed by atoms with Gasteiger partial charge in [-0.15, -0.1) is 0 Å². The third-order valence-corrected chi connectivity index (χ3v) is 6.74. The van der Waals surface area contributed by atoms with Gasteiger partial charge in [-0.3, -0.25) is 4.79 Å². The topological polar surface area (TPSA) is 127 Å². The first-order chi connectivity index (χ1) is 16.6. The van der Waals surface area contributed by atoms with Crippen molar-refractivity contribution >= 4 is 33.2 Å². The number of aliphatic hydroxyl groups excluding tert-OH is 1. The number of sulfonamides is 1. The van der Waals surface area contributed by atoms with Crippen molar-refractivity contribution in [1.29, 1.82) is 0 Å². The van der Waals surface area contributed by atoms with E-state index in [4.69, 9.17) is 17.4 Å². The number of nitrogens with two attached hydrogens (primary N) is 1. The number of carbonyl (C=O) groups excluding carboxylic acids is 1. The van der Waals surface area contributed by atoms with Crippen molar-refractivity contribution in [3.8, 4) is 11.1 Å². The summed E-state index contributed by atoms with van der Waals surface area (Å²) >= 11 is 5.04. The average molecular weight is 515 g/mol. The number of nitrogens with zero attached hydrogens (tertiary/aromatic N) is 2. The van der Waals surface area contributed by atoms with Gasteiger partial charge in [-0.05, 0) is 54.7 Å². The van der Waals surface area contributed by atoms with E-state index >= 15 is 0 Å². The molecule has 0 saturated carbocycles. The van der Waals surface area contributed by atoms with Crippen molar-refractivity contribution in [3.63, 3.8) is 0 Å². The number of nitrogens with one attached hydrogen (secondary N) is 1. The number of primary sulfonamides is 1. The molecule has 0 aliphatic heterocycles. The van der Waals surface area contributed by atoms with Crippen LogP contribution in [0.1, 0.15) is 59.8 Å². The molecular formula is C25H30N4O4S2. The summed E-state index contributed by atoms with van der Waals surface area (Å²) in [5.74, 6) is 0.353. The van der Waals surface area contributed by atoms with Gasteiger partial charge in [0.1, 0.15) is 11.5 Å². The zero-order valence-corrected chi connectivity index (χ0v) is 21.7. The zero-order chi connectivity index (χ0) is 25.8. The maximum absolute atomic E-state index is 12.9. The molecule has 0 spiro atoms. The highest BCUT2D eigenvalue weighted by Crippen LogP contribution is 2.29. The van der Waals surface area contributed by atoms with Crippen LogP contribution < -0.4 is 10.5 Å². The number of benzene rings is 2. The average Bonchev–Trinajstić information content (AvgIpc) is 3.11. The van der Waals surface area contributed by atoms with E-state index in [2.05, 4.69) is 17.2 Å². The molecule has 1 heterocycles. The van der Waals surface area contributed by atoms with Crippen molar-refractivity contribution in [3.05, 3.63) is 70.8 Å². The third-order valence-electron chi connectivity index (χ3n) is 5.60. The molecule has 1 amide bonds. The van der Waals surface area contributed by atoms with Gasteiger partial charge in [0.05, 0.1) is 16.2 Å². The molecule has 0 saturated heterocycles. The molecule has 0 aliphatic rings. The van der Waals surface area contributed by atoms with Gasteiger partial charge >= 0.3 is 0 Å². The maximum Gasteiger partial charge on any atom is 0.253 e. The first-order valence-electron chi connectivity index (χ1n) is 11.4. The van der Waals surface area contributed by atoms with Crippen LogP contribution in [0.4, 0.5) is 0 Å². The highest BCUT2D eigenvalue weighted by atomic mass is 32.2. The molecule has 186 valence electrons. The van der Waals surface area contributed by atoms with Crippen LogP contribution in [-0.4, -0.2) is 40.6 Å². The van der Waals surface area contributed by atoms with Crippen LogP contribution in [0.25, 0.3) is 11.1 Å². The fourth-order valence-corrected chi connectivity index (χ4v) is 5.04. The van der Waals surface area contributed by atoms with Gasteiger partial charge in [0.2, 0.25) is 15.1 Å². The molecule has 35 heavy (non-hydrogen) atoms. The quantitative estimate of drug-likeness (QED) is 0.352. The minimum atomic E-state index is -4.11. The first-order valence-corrected chi connectivity index (χ1v) is 13.4. The van der Waals surface area contributed by atoms with E-state index in [9.17, 15) is 18.3 Å². The Kier molecular flexibility index (Phi) is 8.42. The van der Waals surface area contributed by atoms with Crippen LogP contribution in [0.3, 0.4) is 0 Å². The monoisotopic (exact) mass is 514 g/mol. The Morgan fingerprint density at radius 2 is 1.83 bits per heavy atom. The van der Waals surface area contributed by atoms with Crippen LogP contribution in [0.5, 0.6) is 0 Å². The molecule has 0 bridgehead atoms. The Bertz CT molecular complexity index is 1350. The van der Waals surface area contributed by atoms with E-state index in [-0.39, 0.29) is 15.5 Å². The fourth-order valence-electron chi connectivity index (χ4n) is 4.03. The number of amides is 1. The van der Waals surface area contributed by atoms with Gasteiger partial charge in [-0.25, -0.2) is 18.5 Å². The molecule has 0 radical (unpaired) electrons. The molecule has 3 aromatic rings. The number of aliphatic hydroxyl groups is 1. The summed E-state index contributed by atoms with van der Waals surface area (Å²) in [7, 11) is -4.11. The lowest BCUT2D eigenvalue weighted by molar-refractivity contribution is 0.0951. The molecule has 8 nitrogen and oxygen atoms in total. The lowest BCUT2D eigenvalue weighted by atomic mass is 9.98. The predicted molar refractivity (Wildman–Crippen MR) is 140 cm³/mol. The molecule has 10 heteroatoms. The molecule has 0 fully saturated rings. The second kappa shape index (κ2) is 11.1. The highest BCUT2D eigenvalue weighted by Gasteiger charge is 2.23. The molecule has 0 unspecified atom stereocenters. The largest absolute Gasteiger partial charge is 0.497 e. The van der Waals surface area contributed by atoms with E-state index < -0.39 is 15.9 Å². The van der Waals surface area contributed by atoms with Gasteiger partial charge in [0.25, 0.3) is 5.91 Å². The Morgan fingerprint density at radius 3 is 2.40 bits per heavy atom. The smallest absolute Gasteiger partial charge is 0.253 e. The van der Waals surface area contributed by atoms with Crippen molar-refractivity contribution in [2.24, 2.45) is 5.14 Å². The number of imidazole rings is 1. The lowest BCUT2D eigenvalue weighted by Crippen LogP contribution is -2.28. The van der Waals surface area contributed by atoms with Gasteiger partial charge in [0, 0.05) is 19.5 Å². The predicted octanol–water partition coefficient (Wildman–Crippen LogP) is 3.88. The number of aryl methyl sites for hydroxylation is 2. The van der Waals surface area contributed by atoms with E-state index in [0.717, 1.165) is 24.2 Å². The first kappa shape index (κ1) is 26.5. The number of hydrogen-bond donors (Lipinski definition) is 3. The summed E-state index contributed by atoms with van der Waals surface area (Å²) in [6.45, 7) is 6.65. The molecule has 0 atom stereocenters. The number of thiocarbonyl (C=S) groups is 1. The van der Waals surface area contributed by atoms with Crippen molar-refractivity contribution < 1.29 is 18.3 Å². The van der Waals surface area contributed by atoms with E-state index in [0.29, 0.717) is 42.0 Å². The molecule has 1 aromatic heterocycles. The summed E-state index contributed by atoms with van der Waals surface area (Å²) < 4.78 is 26.3. The Hall–Kier alpha value is -3.08. The number of hydrogen-bond acceptors (Lipinski definition) is 5. The maximum atomic E-state index is 12.9. The SMILES string of the molecule is CCCNC(=O)c1c(-c2ccc(Cn3c(CCC)nc(C)c3C(O)=S)cc2)cccc1S(N)(=O)=O. The van der Waals surface area contributed by atoms with Crippen molar-refractivity contribution in [1.82, 2.24) is 14.9 Å². The number of rotatable bonds is 10. The van der Waals surface area contributed by atoms with Gasteiger partial charge in [-0.1, -0.05) is 50.2 Å². The van der Waals surface area contributed by atoms with Crippen LogP contribution >= 0.6 is 12.2 Å². The molecule has 0 aliphatic carbocycles. The number of carbonyl (C=O) groups is 1. The standard InChI is InChI=1S/C25H30N4O4S2/c1-4-7-21-28-16(3)23(25(31)34)29(21)15-17-10-12-18(13-11-17)19-8-6-9-20(35(26,32)33)22(19)24(30)27-14-5-2/h6,8-13H,4-5,7,14-15H2,1-3H3,(H,27,30)(H,31,34)(H2,26,32,33). The molecule has 4 N–H and O–H groups in total. The zero-order valence-electron chi connectivity index (χ0n) is 20.0. The minimum absolute atomic E-state index is 0.0274. The second-order valence-corrected chi connectivity index (χ2v) is 10.2. The Labute approximate surface area is 211 Å². The molecular weight excluding hydrogens is 484 g/mol. The van der Waals surface area contributed by atoms with Gasteiger partial charge in [-0.2, -0.15) is 0 Å². The van der Waals surface area contributed by atoms with Crippen molar-refractivity contribution in [2.45, 2.75) is 51.5 Å². The summed E-state index contributed by atoms with van der Waals surface area (Å²) in [6, 6.07) is 12.0. The van der Waals surface area contributed by atoms with Gasteiger partial charge < -0.3 is 15.0 Å². The van der Waals surface area contributed by atoms with Crippen molar-refractivity contribution in [2.75, 3.05) is 6.54 Å². The van der Waals surface area contributed by atoms with Crippen LogP contribution in [0.15, 0.2) is 47.4 Å². The van der Waals surface area contributed by atoms with Crippen LogP contribution in [-0.2, 0) is 23.0 Å². The van der Waals surface area contributed by atoms with E-state index in [1.165, 1.54) is 6.07 Å². The normalized spacial score (nSPS) is 11.4. The minimum Gasteiger partial charge on any atom is -0.497 e. The fraction of sp³-hybridized carbons (Fsp3) is 0.320. The lowest BCUT2D eigenvalue weighted by Gasteiger charge is -2.15. The Morgan fingerprint density at radius 1 is 1.14 bits per heavy atom. The van der Waals surface area contributed by atoms with E-state index in [1.807, 2.05) is 42.7 Å². The molecule has 3 rings (SSSR count). The summed E-state index contributed by atoms with van der Waals surface area (Å²) in [5.41, 5.74) is 3.32. The number of aromatic nitrogens is 2. The van der Waals surface area contributed by atoms with E-state index in [1.54, 1.807) is 12.1 Å². The van der Waals surface area contributed by atoms with Crippen LogP contribution in [0, 0.1) is 6.92 Å². The summed E-state index contributed by atoms with van der Waals surface area (Å²) in [4.78, 5) is 17.3. The van der Waals surface area contributed by atoms with Crippen LogP contribution in [0.2, 0.25) is 0 Å².